The molecular weight excluding hydrogens is 430 g/mol. The lowest BCUT2D eigenvalue weighted by molar-refractivity contribution is 0.195. The molecule has 5 aromatic rings. The van der Waals surface area contributed by atoms with E-state index in [1.165, 1.54) is 0 Å². The number of rotatable bonds is 5. The summed E-state index contributed by atoms with van der Waals surface area (Å²) >= 11 is 0. The van der Waals surface area contributed by atoms with Crippen LogP contribution in [0, 0.1) is 18.3 Å². The lowest BCUT2D eigenvalue weighted by Gasteiger charge is -2.13. The fourth-order valence-electron chi connectivity index (χ4n) is 3.96. The van der Waals surface area contributed by atoms with E-state index in [1.54, 1.807) is 42.8 Å². The number of nitrogens with two attached hydrogens (primary N) is 1. The van der Waals surface area contributed by atoms with Gasteiger partial charge in [-0.05, 0) is 31.2 Å². The van der Waals surface area contributed by atoms with Crippen LogP contribution < -0.4 is 5.73 Å². The normalized spacial score (nSPS) is 12.1. The summed E-state index contributed by atoms with van der Waals surface area (Å²) in [6, 6.07) is 16.9. The Morgan fingerprint density at radius 2 is 1.94 bits per heavy atom. The average Bonchev–Trinajstić information content (AvgIpc) is 3.43. The fraction of sp³-hybridized carbons (Fsp3) is 0.160. The summed E-state index contributed by atoms with van der Waals surface area (Å²) < 4.78 is 7.61. The quantitative estimate of drug-likeness (QED) is 0.411. The molecule has 1 atom stereocenters. The van der Waals surface area contributed by atoms with Crippen molar-refractivity contribution in [3.8, 4) is 28.8 Å². The number of aliphatic hydroxyl groups excluding tert-OH is 1. The molecule has 34 heavy (non-hydrogen) atoms. The first-order valence-electron chi connectivity index (χ1n) is 10.7. The van der Waals surface area contributed by atoms with Crippen LogP contribution in [-0.2, 0) is 6.42 Å². The van der Waals surface area contributed by atoms with Gasteiger partial charge in [0.2, 0.25) is 0 Å². The zero-order valence-corrected chi connectivity index (χ0v) is 18.6. The van der Waals surface area contributed by atoms with Gasteiger partial charge in [-0.1, -0.05) is 24.3 Å². The molecule has 0 spiro atoms. The molecule has 9 heteroatoms. The van der Waals surface area contributed by atoms with Crippen LogP contribution in [0.2, 0.25) is 0 Å². The third-order valence-electron chi connectivity index (χ3n) is 5.45. The van der Waals surface area contributed by atoms with Crippen LogP contribution in [0.3, 0.4) is 0 Å². The van der Waals surface area contributed by atoms with E-state index >= 15 is 0 Å². The van der Waals surface area contributed by atoms with Crippen molar-refractivity contribution in [2.24, 2.45) is 0 Å². The first-order chi connectivity index (χ1) is 16.5. The number of hydrogen-bond donors (Lipinski definition) is 2. The van der Waals surface area contributed by atoms with Gasteiger partial charge in [-0.3, -0.25) is 4.98 Å². The Morgan fingerprint density at radius 3 is 2.68 bits per heavy atom. The standard InChI is InChI=1S/C25H21N7O2/c1-14(33)21-24(34-15(2)29-21)23-22(19-9-4-3-7-16(19)13-26)30-25(27)20-12-18(31-32(20)23)11-17-8-5-6-10-28-17/h3-10,12,14,33H,11H2,1-2H3,(H2,27,30). The molecule has 9 nitrogen and oxygen atoms in total. The van der Waals surface area contributed by atoms with Gasteiger partial charge in [-0.2, -0.15) is 10.4 Å². The average molecular weight is 451 g/mol. The van der Waals surface area contributed by atoms with Crippen LogP contribution in [0.1, 0.15) is 41.6 Å². The van der Waals surface area contributed by atoms with Gasteiger partial charge in [0.25, 0.3) is 0 Å². The number of fused-ring (bicyclic) bond motifs is 1. The largest absolute Gasteiger partial charge is 0.439 e. The van der Waals surface area contributed by atoms with Gasteiger partial charge in [0.15, 0.2) is 11.7 Å². The van der Waals surface area contributed by atoms with Gasteiger partial charge < -0.3 is 15.3 Å². The third-order valence-corrected chi connectivity index (χ3v) is 5.45. The predicted octanol–water partition coefficient (Wildman–Crippen LogP) is 3.85. The highest BCUT2D eigenvalue weighted by Gasteiger charge is 2.27. The van der Waals surface area contributed by atoms with E-state index in [2.05, 4.69) is 21.0 Å². The Morgan fingerprint density at radius 1 is 1.15 bits per heavy atom. The van der Waals surface area contributed by atoms with E-state index in [1.807, 2.05) is 30.3 Å². The van der Waals surface area contributed by atoms with Gasteiger partial charge in [0.05, 0.1) is 23.4 Å². The first kappa shape index (κ1) is 21.3. The molecule has 0 saturated carbocycles. The molecule has 4 aromatic heterocycles. The minimum absolute atomic E-state index is 0.251. The molecule has 0 fully saturated rings. The Labute approximate surface area is 195 Å². The van der Waals surface area contributed by atoms with E-state index < -0.39 is 6.10 Å². The molecule has 5 rings (SSSR count). The van der Waals surface area contributed by atoms with E-state index in [-0.39, 0.29) is 5.82 Å². The smallest absolute Gasteiger partial charge is 0.192 e. The van der Waals surface area contributed by atoms with Gasteiger partial charge in [-0.25, -0.2) is 14.5 Å². The van der Waals surface area contributed by atoms with Crippen molar-refractivity contribution < 1.29 is 9.52 Å². The number of nitrogens with zero attached hydrogens (tertiary/aromatic N) is 6. The van der Waals surface area contributed by atoms with Crippen LogP contribution in [0.15, 0.2) is 59.1 Å². The zero-order valence-electron chi connectivity index (χ0n) is 18.6. The number of aromatic nitrogens is 5. The summed E-state index contributed by atoms with van der Waals surface area (Å²) in [4.78, 5) is 13.4. The van der Waals surface area contributed by atoms with Gasteiger partial charge >= 0.3 is 0 Å². The number of pyridine rings is 1. The van der Waals surface area contributed by atoms with Gasteiger partial charge in [0.1, 0.15) is 28.4 Å². The Kier molecular flexibility index (Phi) is 5.28. The molecule has 168 valence electrons. The predicted molar refractivity (Wildman–Crippen MR) is 125 cm³/mol. The lowest BCUT2D eigenvalue weighted by Crippen LogP contribution is -2.07. The van der Waals surface area contributed by atoms with E-state index in [0.29, 0.717) is 51.8 Å². The minimum atomic E-state index is -0.900. The van der Waals surface area contributed by atoms with Gasteiger partial charge in [0, 0.05) is 30.8 Å². The van der Waals surface area contributed by atoms with E-state index in [4.69, 9.17) is 15.2 Å². The Bertz CT molecular complexity index is 1550. The highest BCUT2D eigenvalue weighted by atomic mass is 16.4. The molecule has 1 unspecified atom stereocenters. The summed E-state index contributed by atoms with van der Waals surface area (Å²) in [7, 11) is 0. The third kappa shape index (κ3) is 3.66. The van der Waals surface area contributed by atoms with Crippen LogP contribution in [0.25, 0.3) is 28.2 Å². The zero-order chi connectivity index (χ0) is 23.8. The van der Waals surface area contributed by atoms with Gasteiger partial charge in [-0.15, -0.1) is 0 Å². The number of oxazole rings is 1. The van der Waals surface area contributed by atoms with Crippen molar-refractivity contribution in [2.45, 2.75) is 26.4 Å². The Hall–Kier alpha value is -4.55. The van der Waals surface area contributed by atoms with E-state index in [0.717, 1.165) is 11.4 Å². The van der Waals surface area contributed by atoms with Crippen LogP contribution in [0.4, 0.5) is 5.82 Å². The number of nitriles is 1. The van der Waals surface area contributed by atoms with Crippen molar-refractivity contribution in [2.75, 3.05) is 5.73 Å². The number of nitrogen functional groups attached to an aromatic ring is 1. The maximum Gasteiger partial charge on any atom is 0.192 e. The molecule has 0 radical (unpaired) electrons. The van der Waals surface area contributed by atoms with E-state index in [9.17, 15) is 10.4 Å². The van der Waals surface area contributed by atoms with Crippen molar-refractivity contribution in [1.29, 1.82) is 5.26 Å². The monoisotopic (exact) mass is 451 g/mol. The number of benzene rings is 1. The number of aryl methyl sites for hydroxylation is 1. The minimum Gasteiger partial charge on any atom is -0.439 e. The fourth-order valence-corrected chi connectivity index (χ4v) is 3.96. The van der Waals surface area contributed by atoms with Crippen molar-refractivity contribution in [3.63, 3.8) is 0 Å². The lowest BCUT2D eigenvalue weighted by atomic mass is 10.0. The molecule has 0 aliphatic rings. The number of hydrogen-bond acceptors (Lipinski definition) is 8. The molecule has 0 aliphatic heterocycles. The molecule has 3 N–H and O–H groups in total. The van der Waals surface area contributed by atoms with Crippen LogP contribution in [-0.4, -0.2) is 29.7 Å². The molecule has 0 aliphatic carbocycles. The molecule has 4 heterocycles. The highest BCUT2D eigenvalue weighted by Crippen LogP contribution is 2.38. The molecule has 0 bridgehead atoms. The molecular formula is C25H21N7O2. The Balaban J connectivity index is 1.83. The van der Waals surface area contributed by atoms with Crippen molar-refractivity contribution in [1.82, 2.24) is 24.6 Å². The summed E-state index contributed by atoms with van der Waals surface area (Å²) in [6.07, 6.45) is 1.32. The summed E-state index contributed by atoms with van der Waals surface area (Å²) in [6.45, 7) is 3.32. The molecule has 0 amide bonds. The number of aliphatic hydroxyl groups is 1. The highest BCUT2D eigenvalue weighted by molar-refractivity contribution is 5.85. The second-order valence-electron chi connectivity index (χ2n) is 7.91. The van der Waals surface area contributed by atoms with Crippen LogP contribution in [0.5, 0.6) is 0 Å². The topological polar surface area (TPSA) is 139 Å². The molecule has 1 aromatic carbocycles. The summed E-state index contributed by atoms with van der Waals surface area (Å²) in [5, 5.41) is 24.9. The maximum atomic E-state index is 10.4. The second kappa shape index (κ2) is 8.42. The summed E-state index contributed by atoms with van der Waals surface area (Å²) in [5.41, 5.74) is 10.7. The van der Waals surface area contributed by atoms with Crippen molar-refractivity contribution in [3.05, 3.63) is 83.3 Å². The SMILES string of the molecule is Cc1nc(C(C)O)c(-c2c(-c3ccccc3C#N)nc(N)c3cc(Cc4ccccn4)nn23)o1. The molecule has 0 saturated heterocycles. The first-order valence-corrected chi connectivity index (χ1v) is 10.7. The second-order valence-corrected chi connectivity index (χ2v) is 7.91. The summed E-state index contributed by atoms with van der Waals surface area (Å²) in [5.74, 6) is 0.956. The van der Waals surface area contributed by atoms with Crippen molar-refractivity contribution >= 4 is 11.3 Å². The van der Waals surface area contributed by atoms with Crippen LogP contribution >= 0.6 is 0 Å². The number of anilines is 1. The maximum absolute atomic E-state index is 10.4.